The van der Waals surface area contributed by atoms with Gasteiger partial charge in [0.2, 0.25) is 5.78 Å². The summed E-state index contributed by atoms with van der Waals surface area (Å²) < 4.78 is 26.9. The number of carbonyl (C=O) groups is 5. The molecule has 3 aliphatic heterocycles. The predicted molar refractivity (Wildman–Crippen MR) is 114 cm³/mol. The molecule has 0 aromatic rings. The topological polar surface area (TPSA) is 132 Å². The van der Waals surface area contributed by atoms with Crippen LogP contribution >= 0.6 is 0 Å². The number of fused-ring (bicyclic) bond motifs is 3. The van der Waals surface area contributed by atoms with Crippen LogP contribution in [0.3, 0.4) is 0 Å². The van der Waals surface area contributed by atoms with Gasteiger partial charge in [-0.2, -0.15) is 0 Å². The van der Waals surface area contributed by atoms with Gasteiger partial charge in [-0.1, -0.05) is 6.92 Å². The Morgan fingerprint density at radius 3 is 2.47 bits per heavy atom. The van der Waals surface area contributed by atoms with Gasteiger partial charge in [-0.15, -0.1) is 0 Å². The summed E-state index contributed by atoms with van der Waals surface area (Å²) in [5.74, 6) is -2.87. The molecule has 3 rings (SSSR count). The maximum Gasteiger partial charge on any atom is 0.343 e. The molecule has 3 aliphatic rings. The highest BCUT2D eigenvalue weighted by Crippen LogP contribution is 2.42. The predicted octanol–water partition coefficient (Wildman–Crippen LogP) is 1.99. The number of allylic oxidation sites excluding steroid dienone is 1. The maximum atomic E-state index is 12.7. The second-order valence-electron chi connectivity index (χ2n) is 8.52. The molecule has 0 saturated heterocycles. The maximum absolute atomic E-state index is 12.7. The molecule has 34 heavy (non-hydrogen) atoms. The van der Waals surface area contributed by atoms with E-state index in [1.54, 1.807) is 20.8 Å². The molecular formula is C24H26O10. The third-order valence-corrected chi connectivity index (χ3v) is 5.46. The van der Waals surface area contributed by atoms with Crippen LogP contribution in [0.15, 0.2) is 46.5 Å². The molecule has 10 heteroatoms. The van der Waals surface area contributed by atoms with Crippen molar-refractivity contribution in [2.75, 3.05) is 13.2 Å². The Labute approximate surface area is 196 Å². The molecule has 0 aromatic heterocycles. The van der Waals surface area contributed by atoms with E-state index in [9.17, 15) is 24.0 Å². The van der Waals surface area contributed by atoms with Crippen molar-refractivity contribution in [3.63, 3.8) is 0 Å². The molecule has 0 aliphatic carbocycles. The van der Waals surface area contributed by atoms with Gasteiger partial charge in [0.15, 0.2) is 5.60 Å². The summed E-state index contributed by atoms with van der Waals surface area (Å²) in [5, 5.41) is 0. The number of ketones is 1. The normalized spacial score (nSPS) is 27.7. The molecule has 182 valence electrons. The Morgan fingerprint density at radius 2 is 1.82 bits per heavy atom. The third kappa shape index (κ3) is 5.44. The minimum Gasteiger partial charge on any atom is -0.479 e. The van der Waals surface area contributed by atoms with Crippen molar-refractivity contribution in [3.05, 3.63) is 46.5 Å². The van der Waals surface area contributed by atoms with Gasteiger partial charge in [-0.3, -0.25) is 14.4 Å². The highest BCUT2D eigenvalue weighted by molar-refractivity contribution is 6.02. The fourth-order valence-electron chi connectivity index (χ4n) is 3.73. The van der Waals surface area contributed by atoms with Crippen LogP contribution in [0.4, 0.5) is 0 Å². The van der Waals surface area contributed by atoms with Crippen molar-refractivity contribution < 1.29 is 47.7 Å². The minimum atomic E-state index is -1.40. The zero-order valence-electron chi connectivity index (χ0n) is 19.6. The molecule has 0 N–H and O–H groups in total. The fourth-order valence-corrected chi connectivity index (χ4v) is 3.73. The van der Waals surface area contributed by atoms with Gasteiger partial charge < -0.3 is 23.7 Å². The Kier molecular flexibility index (Phi) is 7.09. The number of hydrogen-bond donors (Lipinski definition) is 0. The molecular weight excluding hydrogens is 448 g/mol. The van der Waals surface area contributed by atoms with Gasteiger partial charge in [0.05, 0.1) is 5.57 Å². The average Bonchev–Trinajstić information content (AvgIpc) is 3.19. The van der Waals surface area contributed by atoms with Crippen LogP contribution < -0.4 is 0 Å². The SMILES string of the molecule is CC(=O)OCC1=C2/C(=C\[C@@]3(C)OC(=CC3=O)[C@@H](C)C[C@@H]2OC(=O)/C=C(/C)COC(C)=O)OC1=O. The third-order valence-electron chi connectivity index (χ3n) is 5.46. The fraction of sp³-hybridized carbons (Fsp3) is 0.458. The highest BCUT2D eigenvalue weighted by Gasteiger charge is 2.46. The van der Waals surface area contributed by atoms with Gasteiger partial charge in [0.25, 0.3) is 0 Å². The summed E-state index contributed by atoms with van der Waals surface area (Å²) in [6, 6.07) is 0. The lowest BCUT2D eigenvalue weighted by atomic mass is 9.90. The molecule has 0 spiro atoms. The van der Waals surface area contributed by atoms with Crippen molar-refractivity contribution in [1.82, 2.24) is 0 Å². The molecule has 3 heterocycles. The standard InChI is InChI=1S/C24H26O10/c1-12(10-30-14(3)25)6-21(28)32-18-7-13(2)17-8-20(27)24(5,34-17)9-19-22(18)16(23(29)33-19)11-31-15(4)26/h6,8-9,13,18H,7,10-11H2,1-5H3/b12-6-,19-9+/t13-,18-,24+/m0/s1. The smallest absolute Gasteiger partial charge is 0.343 e. The van der Waals surface area contributed by atoms with Crippen LogP contribution in [-0.2, 0) is 47.7 Å². The second kappa shape index (κ2) is 9.66. The van der Waals surface area contributed by atoms with Crippen LogP contribution in [0.5, 0.6) is 0 Å². The molecule has 0 radical (unpaired) electrons. The van der Waals surface area contributed by atoms with Gasteiger partial charge in [0, 0.05) is 43.6 Å². The molecule has 0 aromatic carbocycles. The summed E-state index contributed by atoms with van der Waals surface area (Å²) in [6.45, 7) is 6.91. The van der Waals surface area contributed by atoms with E-state index in [1.807, 2.05) is 0 Å². The number of ether oxygens (including phenoxy) is 5. The molecule has 3 atom stereocenters. The first-order chi connectivity index (χ1) is 15.9. The molecule has 0 saturated carbocycles. The Morgan fingerprint density at radius 1 is 1.15 bits per heavy atom. The lowest BCUT2D eigenvalue weighted by Crippen LogP contribution is -2.31. The van der Waals surface area contributed by atoms with Crippen molar-refractivity contribution in [1.29, 1.82) is 0 Å². The van der Waals surface area contributed by atoms with Crippen molar-refractivity contribution in [2.45, 2.75) is 52.7 Å². The van der Waals surface area contributed by atoms with E-state index < -0.39 is 42.2 Å². The van der Waals surface area contributed by atoms with E-state index in [2.05, 4.69) is 0 Å². The highest BCUT2D eigenvalue weighted by atomic mass is 16.6. The summed E-state index contributed by atoms with van der Waals surface area (Å²) >= 11 is 0. The van der Waals surface area contributed by atoms with E-state index in [-0.39, 0.29) is 41.6 Å². The zero-order valence-corrected chi connectivity index (χ0v) is 19.6. The van der Waals surface area contributed by atoms with Gasteiger partial charge in [-0.05, 0) is 25.8 Å². The quantitative estimate of drug-likeness (QED) is 0.320. The molecule has 0 fully saturated rings. The lowest BCUT2D eigenvalue weighted by Gasteiger charge is -2.23. The first kappa shape index (κ1) is 24.9. The van der Waals surface area contributed by atoms with E-state index >= 15 is 0 Å². The van der Waals surface area contributed by atoms with Crippen molar-refractivity contribution >= 4 is 29.7 Å². The van der Waals surface area contributed by atoms with Crippen molar-refractivity contribution in [3.8, 4) is 0 Å². The van der Waals surface area contributed by atoms with Crippen molar-refractivity contribution in [2.24, 2.45) is 5.92 Å². The molecule has 0 amide bonds. The summed E-state index contributed by atoms with van der Waals surface area (Å²) in [6.07, 6.45) is 3.11. The lowest BCUT2D eigenvalue weighted by molar-refractivity contribution is -0.143. The average molecular weight is 474 g/mol. The number of hydrogen-bond acceptors (Lipinski definition) is 10. The minimum absolute atomic E-state index is 0.00478. The van der Waals surface area contributed by atoms with Gasteiger partial charge >= 0.3 is 23.9 Å². The van der Waals surface area contributed by atoms with E-state index in [4.69, 9.17) is 23.7 Å². The Bertz CT molecular complexity index is 1070. The Hall–Kier alpha value is -3.69. The Balaban J connectivity index is 2.01. The van der Waals surface area contributed by atoms with Crippen LogP contribution in [0.2, 0.25) is 0 Å². The number of carbonyl (C=O) groups excluding carboxylic acids is 5. The van der Waals surface area contributed by atoms with Gasteiger partial charge in [0.1, 0.15) is 30.8 Å². The molecule has 10 nitrogen and oxygen atoms in total. The number of esters is 4. The molecule has 2 bridgehead atoms. The van der Waals surface area contributed by atoms with Crippen LogP contribution in [-0.4, -0.2) is 54.6 Å². The van der Waals surface area contributed by atoms with E-state index in [1.165, 1.54) is 32.1 Å². The van der Waals surface area contributed by atoms with Crippen LogP contribution in [0.1, 0.15) is 41.0 Å². The van der Waals surface area contributed by atoms with Crippen LogP contribution in [0, 0.1) is 5.92 Å². The summed E-state index contributed by atoms with van der Waals surface area (Å²) in [4.78, 5) is 60.3. The van der Waals surface area contributed by atoms with Crippen LogP contribution in [0.25, 0.3) is 0 Å². The second-order valence-corrected chi connectivity index (χ2v) is 8.52. The summed E-state index contributed by atoms with van der Waals surface area (Å²) in [7, 11) is 0. The zero-order chi connectivity index (χ0) is 25.2. The molecule has 0 unspecified atom stereocenters. The summed E-state index contributed by atoms with van der Waals surface area (Å²) in [5.41, 5.74) is -0.734. The van der Waals surface area contributed by atoms with E-state index in [0.29, 0.717) is 11.3 Å². The first-order valence-electron chi connectivity index (χ1n) is 10.7. The monoisotopic (exact) mass is 474 g/mol. The largest absolute Gasteiger partial charge is 0.479 e. The van der Waals surface area contributed by atoms with E-state index in [0.717, 1.165) is 0 Å². The van der Waals surface area contributed by atoms with Gasteiger partial charge in [-0.25, -0.2) is 9.59 Å². The first-order valence-corrected chi connectivity index (χ1v) is 10.7. The number of rotatable bonds is 6.